The molecule has 0 N–H and O–H groups in total. The highest BCUT2D eigenvalue weighted by atomic mass is 16.5. The van der Waals surface area contributed by atoms with Crippen LogP contribution in [-0.4, -0.2) is 13.1 Å². The SMILES string of the molecule is [2H]C(C(=O)OC)C(C)(C)C. The Labute approximate surface area is 57.6 Å². The second-order valence-electron chi connectivity index (χ2n) is 3.03. The lowest BCUT2D eigenvalue weighted by atomic mass is 9.93. The molecule has 0 rings (SSSR count). The van der Waals surface area contributed by atoms with Gasteiger partial charge in [-0.05, 0) is 5.41 Å². The molecule has 0 aromatic heterocycles. The molecule has 0 aliphatic heterocycles. The standard InChI is InChI=1S/C7H14O2/c1-7(2,3)5-6(8)9-4/h5H2,1-4H3/i5D. The molecule has 2 nitrogen and oxygen atoms in total. The second kappa shape index (κ2) is 2.85. The fraction of sp³-hybridized carbons (Fsp3) is 0.857. The van der Waals surface area contributed by atoms with E-state index in [1.807, 2.05) is 20.8 Å². The second-order valence-corrected chi connectivity index (χ2v) is 3.03. The average molecular weight is 131 g/mol. The normalized spacial score (nSPS) is 16.2. The van der Waals surface area contributed by atoms with Crippen molar-refractivity contribution < 1.29 is 10.9 Å². The van der Waals surface area contributed by atoms with Gasteiger partial charge in [0.25, 0.3) is 0 Å². The van der Waals surface area contributed by atoms with Crippen LogP contribution in [0.3, 0.4) is 0 Å². The van der Waals surface area contributed by atoms with Crippen molar-refractivity contribution in [2.24, 2.45) is 5.41 Å². The molecule has 9 heavy (non-hydrogen) atoms. The molecule has 2 heteroatoms. The lowest BCUT2D eigenvalue weighted by Crippen LogP contribution is -2.13. The fourth-order valence-electron chi connectivity index (χ4n) is 0.412. The van der Waals surface area contributed by atoms with E-state index in [0.29, 0.717) is 0 Å². The Hall–Kier alpha value is -0.530. The molecule has 0 spiro atoms. The number of ether oxygens (including phenoxy) is 1. The van der Waals surface area contributed by atoms with Crippen LogP contribution in [0.5, 0.6) is 0 Å². The summed E-state index contributed by atoms with van der Waals surface area (Å²) in [5.41, 5.74) is -0.326. The van der Waals surface area contributed by atoms with Crippen molar-refractivity contribution in [1.82, 2.24) is 0 Å². The fourth-order valence-corrected chi connectivity index (χ4v) is 0.412. The van der Waals surface area contributed by atoms with Gasteiger partial charge in [-0.2, -0.15) is 0 Å². The Balaban J connectivity index is 4.08. The summed E-state index contributed by atoms with van der Waals surface area (Å²) in [5, 5.41) is 0. The predicted octanol–water partition coefficient (Wildman–Crippen LogP) is 1.60. The smallest absolute Gasteiger partial charge is 0.306 e. The summed E-state index contributed by atoms with van der Waals surface area (Å²) in [6.07, 6.45) is -0.780. The summed E-state index contributed by atoms with van der Waals surface area (Å²) < 4.78 is 11.8. The van der Waals surface area contributed by atoms with Gasteiger partial charge in [-0.1, -0.05) is 20.8 Å². The third-order valence-corrected chi connectivity index (χ3v) is 0.752. The summed E-state index contributed by atoms with van der Waals surface area (Å²) in [6.45, 7) is 5.50. The van der Waals surface area contributed by atoms with Crippen LogP contribution in [-0.2, 0) is 9.53 Å². The van der Waals surface area contributed by atoms with Gasteiger partial charge in [0, 0.05) is 1.37 Å². The van der Waals surface area contributed by atoms with Crippen LogP contribution in [0.25, 0.3) is 0 Å². The Bertz CT molecular complexity index is 126. The van der Waals surface area contributed by atoms with Gasteiger partial charge in [-0.15, -0.1) is 0 Å². The zero-order chi connectivity index (χ0) is 8.36. The minimum absolute atomic E-state index is 0.326. The predicted molar refractivity (Wildman–Crippen MR) is 36.1 cm³/mol. The van der Waals surface area contributed by atoms with E-state index in [1.54, 1.807) is 0 Å². The van der Waals surface area contributed by atoms with Gasteiger partial charge in [-0.25, -0.2) is 0 Å². The Morgan fingerprint density at radius 3 is 2.22 bits per heavy atom. The number of carbonyl (C=O) groups excluding carboxylic acids is 1. The van der Waals surface area contributed by atoms with Crippen molar-refractivity contribution in [3.8, 4) is 0 Å². The Morgan fingerprint density at radius 1 is 1.67 bits per heavy atom. The van der Waals surface area contributed by atoms with E-state index in [2.05, 4.69) is 4.74 Å². The van der Waals surface area contributed by atoms with Crippen molar-refractivity contribution in [2.45, 2.75) is 27.2 Å². The van der Waals surface area contributed by atoms with Crippen molar-refractivity contribution in [3.05, 3.63) is 0 Å². The molecule has 1 atom stereocenters. The quantitative estimate of drug-likeness (QED) is 0.505. The molecule has 0 heterocycles. The molecule has 0 saturated heterocycles. The molecule has 0 aromatic carbocycles. The van der Waals surface area contributed by atoms with Gasteiger partial charge in [0.1, 0.15) is 0 Å². The summed E-state index contributed by atoms with van der Waals surface area (Å²) in [5.74, 6) is -0.465. The molecular weight excluding hydrogens is 116 g/mol. The van der Waals surface area contributed by atoms with E-state index in [4.69, 9.17) is 1.37 Å². The molecule has 0 amide bonds. The summed E-state index contributed by atoms with van der Waals surface area (Å²) >= 11 is 0. The first-order chi connectivity index (χ1) is 4.39. The van der Waals surface area contributed by atoms with Gasteiger partial charge >= 0.3 is 5.97 Å². The third-order valence-electron chi connectivity index (χ3n) is 0.752. The summed E-state index contributed by atoms with van der Waals surface area (Å²) in [6, 6.07) is 0. The highest BCUT2D eigenvalue weighted by Gasteiger charge is 2.15. The van der Waals surface area contributed by atoms with E-state index < -0.39 is 12.4 Å². The number of esters is 1. The first-order valence-electron chi connectivity index (χ1n) is 3.47. The number of rotatable bonds is 1. The van der Waals surface area contributed by atoms with Crippen LogP contribution in [0.4, 0.5) is 0 Å². The van der Waals surface area contributed by atoms with Crippen LogP contribution in [0.15, 0.2) is 0 Å². The zero-order valence-electron chi connectivity index (χ0n) is 7.39. The molecular formula is C7H14O2. The van der Waals surface area contributed by atoms with Gasteiger partial charge in [-0.3, -0.25) is 4.79 Å². The average Bonchev–Trinajstić information content (AvgIpc) is 1.83. The molecule has 0 radical (unpaired) electrons. The molecule has 0 fully saturated rings. The van der Waals surface area contributed by atoms with Crippen LogP contribution in [0.1, 0.15) is 28.5 Å². The molecule has 0 aliphatic carbocycles. The van der Waals surface area contributed by atoms with Crippen LogP contribution in [0, 0.1) is 5.41 Å². The van der Waals surface area contributed by atoms with E-state index in [9.17, 15) is 4.79 Å². The molecule has 54 valence electrons. The molecule has 0 aromatic rings. The first-order valence-corrected chi connectivity index (χ1v) is 2.89. The van der Waals surface area contributed by atoms with Crippen LogP contribution < -0.4 is 0 Å². The number of hydrogen-bond donors (Lipinski definition) is 0. The maximum absolute atomic E-state index is 10.7. The van der Waals surface area contributed by atoms with Crippen LogP contribution in [0.2, 0.25) is 0 Å². The molecule has 1 unspecified atom stereocenters. The minimum Gasteiger partial charge on any atom is -0.469 e. The van der Waals surface area contributed by atoms with Gasteiger partial charge in [0.2, 0.25) is 0 Å². The third kappa shape index (κ3) is 5.34. The van der Waals surface area contributed by atoms with E-state index in [0.717, 1.165) is 0 Å². The summed E-state index contributed by atoms with van der Waals surface area (Å²) in [7, 11) is 1.30. The van der Waals surface area contributed by atoms with E-state index in [1.165, 1.54) is 7.11 Å². The van der Waals surface area contributed by atoms with Crippen molar-refractivity contribution in [2.75, 3.05) is 7.11 Å². The minimum atomic E-state index is -0.780. The highest BCUT2D eigenvalue weighted by molar-refractivity contribution is 5.69. The number of carbonyl (C=O) groups is 1. The van der Waals surface area contributed by atoms with Gasteiger partial charge in [0.15, 0.2) is 0 Å². The lowest BCUT2D eigenvalue weighted by Gasteiger charge is -2.14. The zero-order valence-corrected chi connectivity index (χ0v) is 6.39. The monoisotopic (exact) mass is 131 g/mol. The van der Waals surface area contributed by atoms with E-state index >= 15 is 0 Å². The molecule has 0 saturated carbocycles. The van der Waals surface area contributed by atoms with Crippen molar-refractivity contribution in [1.29, 1.82) is 0 Å². The molecule has 0 bridgehead atoms. The maximum atomic E-state index is 10.7. The lowest BCUT2D eigenvalue weighted by molar-refractivity contribution is -0.142. The van der Waals surface area contributed by atoms with Gasteiger partial charge in [0.05, 0.1) is 13.5 Å². The Kier molecular flexibility index (Phi) is 2.09. The van der Waals surface area contributed by atoms with Crippen molar-refractivity contribution in [3.63, 3.8) is 0 Å². The van der Waals surface area contributed by atoms with E-state index in [-0.39, 0.29) is 5.41 Å². The number of methoxy groups -OCH3 is 1. The maximum Gasteiger partial charge on any atom is 0.306 e. The first kappa shape index (κ1) is 6.59. The van der Waals surface area contributed by atoms with Gasteiger partial charge < -0.3 is 4.74 Å². The Morgan fingerprint density at radius 2 is 2.11 bits per heavy atom. The summed E-state index contributed by atoms with van der Waals surface area (Å²) in [4.78, 5) is 10.7. The van der Waals surface area contributed by atoms with Crippen molar-refractivity contribution >= 4 is 5.97 Å². The topological polar surface area (TPSA) is 26.3 Å². The largest absolute Gasteiger partial charge is 0.469 e. The molecule has 0 aliphatic rings. The highest BCUT2D eigenvalue weighted by Crippen LogP contribution is 2.18. The number of hydrogen-bond acceptors (Lipinski definition) is 2. The van der Waals surface area contributed by atoms with Crippen LogP contribution >= 0.6 is 0 Å².